The van der Waals surface area contributed by atoms with Gasteiger partial charge in [0.15, 0.2) is 0 Å². The van der Waals surface area contributed by atoms with Gasteiger partial charge < -0.3 is 0 Å². The fraction of sp³-hybridized carbons (Fsp3) is 0.800. The van der Waals surface area contributed by atoms with E-state index in [0.29, 0.717) is 0 Å². The van der Waals surface area contributed by atoms with Gasteiger partial charge in [0.05, 0.1) is 0 Å². The Morgan fingerprint density at radius 2 is 2.33 bits per heavy atom. The normalized spacial score (nSPS) is 11.0. The van der Waals surface area contributed by atoms with Gasteiger partial charge in [-0.1, -0.05) is 13.3 Å². The standard InChI is InChI=1S/C5H12P/c1-3-4-5-6-2/h6H,1,3-5H2,2H3. The topological polar surface area (TPSA) is 0 Å². The van der Waals surface area contributed by atoms with Gasteiger partial charge in [-0.25, -0.2) is 0 Å². The first-order valence-electron chi connectivity index (χ1n) is 2.35. The van der Waals surface area contributed by atoms with Gasteiger partial charge in [0.2, 0.25) is 0 Å². The van der Waals surface area contributed by atoms with Gasteiger partial charge in [-0.15, -0.1) is 8.58 Å². The van der Waals surface area contributed by atoms with Gasteiger partial charge in [0.25, 0.3) is 0 Å². The highest BCUT2D eigenvalue weighted by atomic mass is 31.1. The zero-order valence-electron chi connectivity index (χ0n) is 4.33. The smallest absolute Gasteiger partial charge is 0.0356 e. The van der Waals surface area contributed by atoms with Crippen LogP contribution in [0.3, 0.4) is 0 Å². The first-order chi connectivity index (χ1) is 2.91. The van der Waals surface area contributed by atoms with Crippen LogP contribution in [0.15, 0.2) is 0 Å². The minimum Gasteiger partial charge on any atom is -0.125 e. The van der Waals surface area contributed by atoms with Crippen LogP contribution in [0.1, 0.15) is 12.8 Å². The van der Waals surface area contributed by atoms with E-state index >= 15 is 0 Å². The summed E-state index contributed by atoms with van der Waals surface area (Å²) in [5.74, 6) is 0. The molecular weight excluding hydrogens is 91.0 g/mol. The molecule has 6 heavy (non-hydrogen) atoms. The summed E-state index contributed by atoms with van der Waals surface area (Å²) in [5, 5.41) is 0. The van der Waals surface area contributed by atoms with E-state index in [9.17, 15) is 0 Å². The number of unbranched alkanes of at least 4 members (excludes halogenated alkanes) is 1. The number of hydrogen-bond donors (Lipinski definition) is 0. The van der Waals surface area contributed by atoms with E-state index in [1.54, 1.807) is 0 Å². The van der Waals surface area contributed by atoms with Crippen LogP contribution in [-0.2, 0) is 0 Å². The van der Waals surface area contributed by atoms with Crippen LogP contribution in [0.4, 0.5) is 0 Å². The van der Waals surface area contributed by atoms with E-state index in [1.165, 1.54) is 12.6 Å². The molecule has 0 heterocycles. The van der Waals surface area contributed by atoms with Crippen molar-refractivity contribution in [2.45, 2.75) is 12.8 Å². The molecule has 0 aromatic rings. The van der Waals surface area contributed by atoms with Crippen LogP contribution < -0.4 is 0 Å². The largest absolute Gasteiger partial charge is 0.125 e. The molecule has 0 bridgehead atoms. The molecule has 0 aliphatic rings. The van der Waals surface area contributed by atoms with Crippen molar-refractivity contribution in [3.8, 4) is 0 Å². The molecule has 1 unspecified atom stereocenters. The highest BCUT2D eigenvalue weighted by Crippen LogP contribution is 2.04. The second-order valence-electron chi connectivity index (χ2n) is 1.31. The monoisotopic (exact) mass is 103 g/mol. The Hall–Kier alpha value is 0.430. The Morgan fingerprint density at radius 1 is 1.67 bits per heavy atom. The van der Waals surface area contributed by atoms with Crippen molar-refractivity contribution >= 4 is 8.58 Å². The van der Waals surface area contributed by atoms with Gasteiger partial charge in [-0.2, -0.15) is 0 Å². The molecule has 0 spiro atoms. The summed E-state index contributed by atoms with van der Waals surface area (Å²) in [6, 6.07) is 0. The zero-order chi connectivity index (χ0) is 4.83. The Kier molecular flexibility index (Phi) is 5.82. The minimum atomic E-state index is 1.11. The summed E-state index contributed by atoms with van der Waals surface area (Å²) in [5.41, 5.74) is 0. The molecule has 0 aliphatic heterocycles. The highest BCUT2D eigenvalue weighted by molar-refractivity contribution is 7.36. The lowest BCUT2D eigenvalue weighted by Gasteiger charge is -1.86. The fourth-order valence-corrected chi connectivity index (χ4v) is 0.905. The van der Waals surface area contributed by atoms with E-state index in [0.717, 1.165) is 15.0 Å². The molecule has 1 radical (unpaired) electrons. The van der Waals surface area contributed by atoms with Gasteiger partial charge in [-0.3, -0.25) is 0 Å². The second-order valence-corrected chi connectivity index (χ2v) is 2.52. The molecule has 0 saturated carbocycles. The van der Waals surface area contributed by atoms with Gasteiger partial charge in [0, 0.05) is 0 Å². The molecule has 0 aromatic heterocycles. The van der Waals surface area contributed by atoms with Crippen LogP contribution in [0.2, 0.25) is 0 Å². The second kappa shape index (κ2) is 5.43. The first kappa shape index (κ1) is 6.43. The van der Waals surface area contributed by atoms with Crippen molar-refractivity contribution in [2.24, 2.45) is 0 Å². The maximum atomic E-state index is 3.73. The summed E-state index contributed by atoms with van der Waals surface area (Å²) < 4.78 is 0. The van der Waals surface area contributed by atoms with E-state index in [1.807, 2.05) is 0 Å². The third kappa shape index (κ3) is 4.43. The van der Waals surface area contributed by atoms with Crippen molar-refractivity contribution in [3.05, 3.63) is 6.92 Å². The average molecular weight is 103 g/mol. The third-order valence-corrected chi connectivity index (χ3v) is 1.53. The van der Waals surface area contributed by atoms with Crippen LogP contribution in [-0.4, -0.2) is 12.8 Å². The molecule has 0 saturated heterocycles. The number of hydrogen-bond acceptors (Lipinski definition) is 0. The van der Waals surface area contributed by atoms with Crippen molar-refractivity contribution < 1.29 is 0 Å². The molecule has 37 valence electrons. The summed E-state index contributed by atoms with van der Waals surface area (Å²) in [4.78, 5) is 0. The summed E-state index contributed by atoms with van der Waals surface area (Å²) in [6.07, 6.45) is 3.80. The number of rotatable bonds is 3. The Labute approximate surface area is 42.1 Å². The fourth-order valence-electron chi connectivity index (χ4n) is 0.302. The average Bonchev–Trinajstić information content (AvgIpc) is 1.61. The zero-order valence-corrected chi connectivity index (χ0v) is 5.33. The molecule has 0 aliphatic carbocycles. The van der Waals surface area contributed by atoms with Crippen LogP contribution >= 0.6 is 8.58 Å². The van der Waals surface area contributed by atoms with Crippen molar-refractivity contribution in [1.29, 1.82) is 0 Å². The molecule has 0 rings (SSSR count). The Morgan fingerprint density at radius 3 is 2.50 bits per heavy atom. The predicted octanol–water partition coefficient (Wildman–Crippen LogP) is 1.91. The molecule has 1 atom stereocenters. The van der Waals surface area contributed by atoms with Crippen LogP contribution in [0.25, 0.3) is 0 Å². The molecule has 0 aromatic carbocycles. The molecule has 0 N–H and O–H groups in total. The van der Waals surface area contributed by atoms with E-state index < -0.39 is 0 Å². The molecule has 1 heteroatoms. The van der Waals surface area contributed by atoms with Crippen LogP contribution in [0, 0.1) is 6.92 Å². The van der Waals surface area contributed by atoms with E-state index in [2.05, 4.69) is 13.6 Å². The molecule has 0 amide bonds. The molecular formula is C5H12P. The summed E-state index contributed by atoms with van der Waals surface area (Å²) in [6.45, 7) is 5.96. The summed E-state index contributed by atoms with van der Waals surface area (Å²) in [7, 11) is 1.12. The SMILES string of the molecule is [CH2]CCCPC. The van der Waals surface area contributed by atoms with Crippen molar-refractivity contribution in [2.75, 3.05) is 12.8 Å². The highest BCUT2D eigenvalue weighted by Gasteiger charge is 1.75. The predicted molar refractivity (Wildman–Crippen MR) is 33.7 cm³/mol. The van der Waals surface area contributed by atoms with Crippen molar-refractivity contribution in [3.63, 3.8) is 0 Å². The van der Waals surface area contributed by atoms with Crippen molar-refractivity contribution in [1.82, 2.24) is 0 Å². The van der Waals surface area contributed by atoms with E-state index in [-0.39, 0.29) is 0 Å². The summed E-state index contributed by atoms with van der Waals surface area (Å²) >= 11 is 0. The first-order valence-corrected chi connectivity index (χ1v) is 4.06. The molecule has 0 fully saturated rings. The lowest BCUT2D eigenvalue weighted by molar-refractivity contribution is 0.967. The third-order valence-electron chi connectivity index (χ3n) is 0.677. The van der Waals surface area contributed by atoms with E-state index in [4.69, 9.17) is 0 Å². The minimum absolute atomic E-state index is 1.11. The van der Waals surface area contributed by atoms with Gasteiger partial charge >= 0.3 is 0 Å². The van der Waals surface area contributed by atoms with Gasteiger partial charge in [0.1, 0.15) is 0 Å². The lowest BCUT2D eigenvalue weighted by atomic mass is 10.4. The molecule has 0 nitrogen and oxygen atoms in total. The Bertz CT molecular complexity index is 15.9. The lowest BCUT2D eigenvalue weighted by Crippen LogP contribution is -1.69. The van der Waals surface area contributed by atoms with Gasteiger partial charge in [-0.05, 0) is 19.2 Å². The Balaban J connectivity index is 2.34. The van der Waals surface area contributed by atoms with Crippen LogP contribution in [0.5, 0.6) is 0 Å². The quantitative estimate of drug-likeness (QED) is 0.378. The maximum absolute atomic E-state index is 3.73. The maximum Gasteiger partial charge on any atom is -0.0356 e.